The van der Waals surface area contributed by atoms with Crippen LogP contribution in [0.4, 0.5) is 0 Å². The van der Waals surface area contributed by atoms with Crippen LogP contribution in [0.15, 0.2) is 11.2 Å². The van der Waals surface area contributed by atoms with Crippen LogP contribution in [0, 0.1) is 0 Å². The average molecular weight is 300 g/mol. The summed E-state index contributed by atoms with van der Waals surface area (Å²) in [5.74, 6) is 0.689. The summed E-state index contributed by atoms with van der Waals surface area (Å²) >= 11 is 0. The Bertz CT molecular complexity index is 520. The second kappa shape index (κ2) is 6.69. The number of piperidine rings is 1. The van der Waals surface area contributed by atoms with E-state index in [1.807, 2.05) is 13.8 Å². The number of H-pyrrole nitrogens is 1. The van der Waals surface area contributed by atoms with Crippen LogP contribution >= 0.6 is 0 Å². The quantitative estimate of drug-likeness (QED) is 0.825. The van der Waals surface area contributed by atoms with Crippen LogP contribution in [-0.2, 0) is 16.4 Å². The average Bonchev–Trinajstić information content (AvgIpc) is 2.88. The number of imidazole rings is 1. The molecule has 6 nitrogen and oxygen atoms in total. The van der Waals surface area contributed by atoms with Gasteiger partial charge in [0.05, 0.1) is 6.20 Å². The van der Waals surface area contributed by atoms with Crippen LogP contribution in [-0.4, -0.2) is 49.0 Å². The molecule has 1 aromatic heterocycles. The molecule has 0 radical (unpaired) electrons. The predicted molar refractivity (Wildman–Crippen MR) is 78.0 cm³/mol. The van der Waals surface area contributed by atoms with Gasteiger partial charge in [-0.3, -0.25) is 0 Å². The molecule has 2 heterocycles. The highest BCUT2D eigenvalue weighted by atomic mass is 32.2. The van der Waals surface area contributed by atoms with Crippen molar-refractivity contribution < 1.29 is 8.42 Å². The zero-order valence-corrected chi connectivity index (χ0v) is 13.0. The second-order valence-electron chi connectivity index (χ2n) is 5.43. The van der Waals surface area contributed by atoms with Crippen molar-refractivity contribution in [3.63, 3.8) is 0 Å². The van der Waals surface area contributed by atoms with Crippen molar-refractivity contribution in [1.29, 1.82) is 0 Å². The fraction of sp³-hybridized carbons (Fsp3) is 0.769. The number of rotatable bonds is 6. The number of aryl methyl sites for hydroxylation is 1. The van der Waals surface area contributed by atoms with E-state index in [4.69, 9.17) is 0 Å². The van der Waals surface area contributed by atoms with E-state index >= 15 is 0 Å². The van der Waals surface area contributed by atoms with Gasteiger partial charge in [-0.15, -0.1) is 0 Å². The van der Waals surface area contributed by atoms with Crippen molar-refractivity contribution in [3.05, 3.63) is 12.0 Å². The van der Waals surface area contributed by atoms with Crippen molar-refractivity contribution in [2.24, 2.45) is 0 Å². The summed E-state index contributed by atoms with van der Waals surface area (Å²) in [5.41, 5.74) is 0. The fourth-order valence-corrected chi connectivity index (χ4v) is 3.73. The second-order valence-corrected chi connectivity index (χ2v) is 7.11. The van der Waals surface area contributed by atoms with Crippen molar-refractivity contribution in [1.82, 2.24) is 19.6 Å². The molecule has 0 bridgehead atoms. The fourth-order valence-electron chi connectivity index (χ4n) is 2.55. The van der Waals surface area contributed by atoms with Crippen molar-refractivity contribution in [2.75, 3.05) is 19.6 Å². The first-order valence-corrected chi connectivity index (χ1v) is 8.78. The molecule has 114 valence electrons. The van der Waals surface area contributed by atoms with E-state index in [9.17, 15) is 8.42 Å². The van der Waals surface area contributed by atoms with Crippen molar-refractivity contribution >= 4 is 10.0 Å². The number of sulfonamides is 1. The number of hydrogen-bond acceptors (Lipinski definition) is 4. The molecule has 0 spiro atoms. The number of aromatic nitrogens is 2. The van der Waals surface area contributed by atoms with Crippen molar-refractivity contribution in [2.45, 2.75) is 50.6 Å². The van der Waals surface area contributed by atoms with Crippen LogP contribution in [0.2, 0.25) is 0 Å². The van der Waals surface area contributed by atoms with Crippen LogP contribution in [0.5, 0.6) is 0 Å². The van der Waals surface area contributed by atoms with E-state index in [0.29, 0.717) is 12.2 Å². The minimum absolute atomic E-state index is 0.105. The van der Waals surface area contributed by atoms with Gasteiger partial charge in [0.15, 0.2) is 5.03 Å². The summed E-state index contributed by atoms with van der Waals surface area (Å²) in [6.45, 7) is 6.73. The summed E-state index contributed by atoms with van der Waals surface area (Å²) in [5, 5.41) is 0.153. The highest BCUT2D eigenvalue weighted by molar-refractivity contribution is 7.89. The third-order valence-corrected chi connectivity index (χ3v) is 5.07. The number of aromatic amines is 1. The van der Waals surface area contributed by atoms with E-state index in [1.165, 1.54) is 25.5 Å². The maximum Gasteiger partial charge on any atom is 0.257 e. The van der Waals surface area contributed by atoms with Gasteiger partial charge in [-0.2, -0.15) is 0 Å². The van der Waals surface area contributed by atoms with E-state index in [1.54, 1.807) is 0 Å². The zero-order valence-electron chi connectivity index (χ0n) is 12.2. The maximum absolute atomic E-state index is 12.2. The van der Waals surface area contributed by atoms with Gasteiger partial charge in [0.25, 0.3) is 10.0 Å². The Morgan fingerprint density at radius 3 is 2.70 bits per heavy atom. The molecule has 0 amide bonds. The molecule has 1 aliphatic rings. The lowest BCUT2D eigenvalue weighted by Gasteiger charge is -2.29. The molecule has 1 fully saturated rings. The molecular weight excluding hydrogens is 276 g/mol. The Hall–Kier alpha value is -0.920. The van der Waals surface area contributed by atoms with Crippen molar-refractivity contribution in [3.8, 4) is 0 Å². The van der Waals surface area contributed by atoms with E-state index < -0.39 is 10.0 Å². The topological polar surface area (TPSA) is 78.1 Å². The lowest BCUT2D eigenvalue weighted by atomic mass is 10.1. The highest BCUT2D eigenvalue weighted by Crippen LogP contribution is 2.11. The molecule has 1 aromatic rings. The molecule has 0 aromatic carbocycles. The Morgan fingerprint density at radius 1 is 1.40 bits per heavy atom. The van der Waals surface area contributed by atoms with Crippen LogP contribution in [0.1, 0.15) is 38.9 Å². The zero-order chi connectivity index (χ0) is 14.6. The number of hydrogen-bond donors (Lipinski definition) is 2. The summed E-state index contributed by atoms with van der Waals surface area (Å²) in [4.78, 5) is 9.20. The molecule has 7 heteroatoms. The molecular formula is C13H24N4O2S. The molecule has 20 heavy (non-hydrogen) atoms. The van der Waals surface area contributed by atoms with Gasteiger partial charge < -0.3 is 9.88 Å². The summed E-state index contributed by atoms with van der Waals surface area (Å²) < 4.78 is 27.1. The molecule has 1 aliphatic heterocycles. The monoisotopic (exact) mass is 300 g/mol. The molecule has 2 rings (SSSR count). The molecule has 0 aliphatic carbocycles. The SMILES string of the molecule is CCc1ncc(S(=O)(=O)NC(C)CN2CCCCC2)[nH]1. The standard InChI is InChI=1S/C13H24N4O2S/c1-3-12-14-9-13(15-12)20(18,19)16-11(2)10-17-7-5-4-6-8-17/h9,11,16H,3-8,10H2,1-2H3,(H,14,15). The first-order valence-electron chi connectivity index (χ1n) is 7.30. The normalized spacial score (nSPS) is 19.1. The van der Waals surface area contributed by atoms with Gasteiger partial charge in [0, 0.05) is 19.0 Å². The van der Waals surface area contributed by atoms with Crippen LogP contribution < -0.4 is 4.72 Å². The molecule has 1 saturated heterocycles. The van der Waals surface area contributed by atoms with Gasteiger partial charge in [-0.05, 0) is 32.9 Å². The number of likely N-dealkylation sites (tertiary alicyclic amines) is 1. The molecule has 1 unspecified atom stereocenters. The van der Waals surface area contributed by atoms with Crippen LogP contribution in [0.25, 0.3) is 0 Å². The summed E-state index contributed by atoms with van der Waals surface area (Å²) in [6.07, 6.45) is 5.78. The molecule has 0 saturated carbocycles. The van der Waals surface area contributed by atoms with E-state index in [2.05, 4.69) is 19.6 Å². The predicted octanol–water partition coefficient (Wildman–Crippen LogP) is 1.12. The van der Waals surface area contributed by atoms with Gasteiger partial charge >= 0.3 is 0 Å². The minimum Gasteiger partial charge on any atom is -0.332 e. The van der Waals surface area contributed by atoms with Crippen LogP contribution in [0.3, 0.4) is 0 Å². The summed E-state index contributed by atoms with van der Waals surface area (Å²) in [6, 6.07) is -0.105. The third-order valence-electron chi connectivity index (χ3n) is 3.57. The van der Waals surface area contributed by atoms with E-state index in [-0.39, 0.29) is 11.1 Å². The first kappa shape index (κ1) is 15.5. The molecule has 1 atom stereocenters. The van der Waals surface area contributed by atoms with Gasteiger partial charge in [-0.1, -0.05) is 13.3 Å². The number of nitrogens with zero attached hydrogens (tertiary/aromatic N) is 2. The maximum atomic E-state index is 12.2. The Kier molecular flexibility index (Phi) is 5.17. The van der Waals surface area contributed by atoms with Gasteiger partial charge in [-0.25, -0.2) is 18.1 Å². The Morgan fingerprint density at radius 2 is 2.10 bits per heavy atom. The number of nitrogens with one attached hydrogen (secondary N) is 2. The van der Waals surface area contributed by atoms with Gasteiger partial charge in [0.1, 0.15) is 5.82 Å². The smallest absolute Gasteiger partial charge is 0.257 e. The lowest BCUT2D eigenvalue weighted by Crippen LogP contribution is -2.43. The van der Waals surface area contributed by atoms with Gasteiger partial charge in [0.2, 0.25) is 0 Å². The molecule has 2 N–H and O–H groups in total. The third kappa shape index (κ3) is 4.04. The Balaban J connectivity index is 1.93. The largest absolute Gasteiger partial charge is 0.332 e. The minimum atomic E-state index is -3.49. The Labute approximate surface area is 121 Å². The van der Waals surface area contributed by atoms with E-state index in [0.717, 1.165) is 19.6 Å². The summed E-state index contributed by atoms with van der Waals surface area (Å²) in [7, 11) is -3.49. The first-order chi connectivity index (χ1) is 9.51. The lowest BCUT2D eigenvalue weighted by molar-refractivity contribution is 0.215. The highest BCUT2D eigenvalue weighted by Gasteiger charge is 2.21.